The third-order valence-electron chi connectivity index (χ3n) is 2.30. The number of terminal acetylenes is 1. The van der Waals surface area contributed by atoms with Crippen LogP contribution in [0.3, 0.4) is 0 Å². The topological polar surface area (TPSA) is 73.4 Å². The maximum atomic E-state index is 12.3. The molecule has 0 fully saturated rings. The van der Waals surface area contributed by atoms with Gasteiger partial charge in [0.15, 0.2) is 5.41 Å². The van der Waals surface area contributed by atoms with Crippen LogP contribution in [0, 0.1) is 40.4 Å². The van der Waals surface area contributed by atoms with Crippen molar-refractivity contribution < 1.29 is 13.2 Å². The molecule has 1 aromatic heterocycles. The molecule has 0 N–H and O–H groups in total. The first-order valence-electron chi connectivity index (χ1n) is 5.01. The van der Waals surface area contributed by atoms with Gasteiger partial charge in [0.05, 0.1) is 12.1 Å². The lowest BCUT2D eigenvalue weighted by Gasteiger charge is -2.15. The minimum atomic E-state index is -4.63. The standard InChI is InChI=1S/C12H7F3N4/c1-2-3-11(7-16,8-17)4-9-5-18-10(19-6-9)12(13,14)15/h1,5-6H,3-4H2. The van der Waals surface area contributed by atoms with Crippen molar-refractivity contribution in [3.05, 3.63) is 23.8 Å². The highest BCUT2D eigenvalue weighted by Gasteiger charge is 2.35. The average molecular weight is 264 g/mol. The molecule has 7 heteroatoms. The Balaban J connectivity index is 2.99. The zero-order valence-electron chi connectivity index (χ0n) is 9.57. The largest absolute Gasteiger partial charge is 0.451 e. The molecule has 1 aromatic rings. The van der Waals surface area contributed by atoms with Crippen LogP contribution in [0.1, 0.15) is 17.8 Å². The highest BCUT2D eigenvalue weighted by Crippen LogP contribution is 2.27. The lowest BCUT2D eigenvalue weighted by Crippen LogP contribution is -2.20. The molecule has 0 aliphatic rings. The van der Waals surface area contributed by atoms with E-state index in [0.717, 1.165) is 12.4 Å². The fraction of sp³-hybridized carbons (Fsp3) is 0.333. The molecule has 1 rings (SSSR count). The Hall–Kier alpha value is -2.59. The molecule has 0 radical (unpaired) electrons. The van der Waals surface area contributed by atoms with E-state index in [1.165, 1.54) is 0 Å². The van der Waals surface area contributed by atoms with E-state index >= 15 is 0 Å². The molecule has 1 heterocycles. The summed E-state index contributed by atoms with van der Waals surface area (Å²) in [5.41, 5.74) is -1.23. The van der Waals surface area contributed by atoms with Gasteiger partial charge in [-0.3, -0.25) is 0 Å². The summed E-state index contributed by atoms with van der Waals surface area (Å²) in [6.07, 6.45) is 2.08. The van der Waals surface area contributed by atoms with Crippen LogP contribution < -0.4 is 0 Å². The lowest BCUT2D eigenvalue weighted by atomic mass is 9.82. The second-order valence-corrected chi connectivity index (χ2v) is 3.78. The molecule has 19 heavy (non-hydrogen) atoms. The summed E-state index contributed by atoms with van der Waals surface area (Å²) >= 11 is 0. The van der Waals surface area contributed by atoms with Crippen LogP contribution in [-0.2, 0) is 12.6 Å². The Bertz CT molecular complexity index is 555. The van der Waals surface area contributed by atoms with Crippen molar-refractivity contribution in [2.24, 2.45) is 5.41 Å². The molecule has 0 atom stereocenters. The minimum Gasteiger partial charge on any atom is -0.233 e. The van der Waals surface area contributed by atoms with Gasteiger partial charge in [-0.2, -0.15) is 23.7 Å². The van der Waals surface area contributed by atoms with Crippen molar-refractivity contribution in [2.75, 3.05) is 0 Å². The van der Waals surface area contributed by atoms with Gasteiger partial charge in [-0.15, -0.1) is 12.3 Å². The Morgan fingerprint density at radius 2 is 1.68 bits per heavy atom. The predicted molar refractivity (Wildman–Crippen MR) is 57.8 cm³/mol. The molecule has 0 spiro atoms. The Kier molecular flexibility index (Phi) is 4.09. The van der Waals surface area contributed by atoms with Crippen molar-refractivity contribution in [1.29, 1.82) is 10.5 Å². The van der Waals surface area contributed by atoms with Gasteiger partial charge < -0.3 is 0 Å². The van der Waals surface area contributed by atoms with E-state index in [1.807, 2.05) is 0 Å². The Morgan fingerprint density at radius 1 is 1.16 bits per heavy atom. The number of nitriles is 2. The Morgan fingerprint density at radius 3 is 2.05 bits per heavy atom. The van der Waals surface area contributed by atoms with Crippen LogP contribution in [-0.4, -0.2) is 9.97 Å². The van der Waals surface area contributed by atoms with Crippen molar-refractivity contribution in [2.45, 2.75) is 19.0 Å². The summed E-state index contributed by atoms with van der Waals surface area (Å²) in [7, 11) is 0. The predicted octanol–water partition coefficient (Wildman–Crippen LogP) is 2.09. The molecular formula is C12H7F3N4. The monoisotopic (exact) mass is 264 g/mol. The summed E-state index contributed by atoms with van der Waals surface area (Å²) in [6, 6.07) is 3.56. The van der Waals surface area contributed by atoms with Gasteiger partial charge in [-0.05, 0) is 5.56 Å². The number of hydrogen-bond acceptors (Lipinski definition) is 4. The third kappa shape index (κ3) is 3.43. The summed E-state index contributed by atoms with van der Waals surface area (Å²) in [5, 5.41) is 17.9. The molecule has 0 aliphatic carbocycles. The van der Waals surface area contributed by atoms with Gasteiger partial charge in [0.2, 0.25) is 5.82 Å². The lowest BCUT2D eigenvalue weighted by molar-refractivity contribution is -0.145. The fourth-order valence-electron chi connectivity index (χ4n) is 1.36. The van der Waals surface area contributed by atoms with E-state index in [1.54, 1.807) is 12.1 Å². The number of halogens is 3. The smallest absolute Gasteiger partial charge is 0.233 e. The normalized spacial score (nSPS) is 11.2. The van der Waals surface area contributed by atoms with E-state index in [0.29, 0.717) is 0 Å². The molecule has 0 unspecified atom stereocenters. The van der Waals surface area contributed by atoms with Gasteiger partial charge in [-0.25, -0.2) is 9.97 Å². The van der Waals surface area contributed by atoms with Crippen molar-refractivity contribution >= 4 is 0 Å². The molecular weight excluding hydrogens is 257 g/mol. The fourth-order valence-corrected chi connectivity index (χ4v) is 1.36. The van der Waals surface area contributed by atoms with Crippen LogP contribution >= 0.6 is 0 Å². The second kappa shape index (κ2) is 5.37. The summed E-state index contributed by atoms with van der Waals surface area (Å²) in [4.78, 5) is 6.31. The number of rotatable bonds is 3. The highest BCUT2D eigenvalue weighted by molar-refractivity contribution is 5.24. The van der Waals surface area contributed by atoms with Crippen molar-refractivity contribution in [3.63, 3.8) is 0 Å². The van der Waals surface area contributed by atoms with Gasteiger partial charge in [-0.1, -0.05) is 0 Å². The van der Waals surface area contributed by atoms with Gasteiger partial charge in [0, 0.05) is 25.2 Å². The summed E-state index contributed by atoms with van der Waals surface area (Å²) in [6.45, 7) is 0. The quantitative estimate of drug-likeness (QED) is 0.783. The third-order valence-corrected chi connectivity index (χ3v) is 2.30. The van der Waals surface area contributed by atoms with Crippen LogP contribution in [0.2, 0.25) is 0 Å². The first-order valence-corrected chi connectivity index (χ1v) is 5.01. The zero-order chi connectivity index (χ0) is 14.5. The highest BCUT2D eigenvalue weighted by atomic mass is 19.4. The van der Waals surface area contributed by atoms with E-state index in [-0.39, 0.29) is 18.4 Å². The Labute approximate surface area is 107 Å². The summed E-state index contributed by atoms with van der Waals surface area (Å²) < 4.78 is 36.8. The van der Waals surface area contributed by atoms with Gasteiger partial charge >= 0.3 is 6.18 Å². The van der Waals surface area contributed by atoms with Crippen LogP contribution in [0.4, 0.5) is 13.2 Å². The summed E-state index contributed by atoms with van der Waals surface area (Å²) in [5.74, 6) is 0.930. The van der Waals surface area contributed by atoms with E-state index in [9.17, 15) is 13.2 Å². The van der Waals surface area contributed by atoms with Crippen molar-refractivity contribution in [3.8, 4) is 24.5 Å². The maximum absolute atomic E-state index is 12.3. The molecule has 96 valence electrons. The minimum absolute atomic E-state index is 0.123. The van der Waals surface area contributed by atoms with Crippen molar-refractivity contribution in [1.82, 2.24) is 9.97 Å². The van der Waals surface area contributed by atoms with Crippen LogP contribution in [0.15, 0.2) is 12.4 Å². The maximum Gasteiger partial charge on any atom is 0.451 e. The molecule has 0 saturated carbocycles. The molecule has 0 amide bonds. The van der Waals surface area contributed by atoms with E-state index in [4.69, 9.17) is 16.9 Å². The zero-order valence-corrected chi connectivity index (χ0v) is 9.57. The number of aromatic nitrogens is 2. The van der Waals surface area contributed by atoms with Crippen LogP contribution in [0.25, 0.3) is 0 Å². The number of nitrogens with zero attached hydrogens (tertiary/aromatic N) is 4. The first-order chi connectivity index (χ1) is 8.87. The number of alkyl halides is 3. The second-order valence-electron chi connectivity index (χ2n) is 3.78. The molecule has 4 nitrogen and oxygen atoms in total. The van der Waals surface area contributed by atoms with Gasteiger partial charge in [0.25, 0.3) is 0 Å². The SMILES string of the molecule is C#CCC(C#N)(C#N)Cc1cnc(C(F)(F)F)nc1. The number of hydrogen-bond donors (Lipinski definition) is 0. The molecule has 0 aliphatic heterocycles. The first kappa shape index (κ1) is 14.5. The van der Waals surface area contributed by atoms with E-state index in [2.05, 4.69) is 15.9 Å². The van der Waals surface area contributed by atoms with Gasteiger partial charge in [0.1, 0.15) is 0 Å². The molecule has 0 saturated heterocycles. The molecule has 0 aromatic carbocycles. The average Bonchev–Trinajstić information content (AvgIpc) is 2.37. The van der Waals surface area contributed by atoms with E-state index < -0.39 is 17.4 Å². The van der Waals surface area contributed by atoms with Crippen LogP contribution in [0.5, 0.6) is 0 Å². The molecule has 0 bridgehead atoms.